The van der Waals surface area contributed by atoms with Crippen molar-refractivity contribution in [3.63, 3.8) is 0 Å². The minimum atomic E-state index is -0.119. The monoisotopic (exact) mass is 355 g/mol. The molecule has 4 heteroatoms. The van der Waals surface area contributed by atoms with Gasteiger partial charge in [0.05, 0.1) is 6.42 Å². The standard InChI is InChI=1S/C20H15Cl2NO/c21-17-9-6-16(19(22)13-17)12-20(24)23-18-10-7-15(8-11-18)14-4-2-1-3-5-14/h1-11,13H,12H2,(H,23,24). The molecule has 0 saturated heterocycles. The van der Waals surface area contributed by atoms with Crippen molar-refractivity contribution in [2.75, 3.05) is 5.32 Å². The van der Waals surface area contributed by atoms with E-state index in [0.717, 1.165) is 22.4 Å². The van der Waals surface area contributed by atoms with Gasteiger partial charge in [0.1, 0.15) is 0 Å². The molecular weight excluding hydrogens is 341 g/mol. The molecule has 1 N–H and O–H groups in total. The number of carbonyl (C=O) groups is 1. The summed E-state index contributed by atoms with van der Waals surface area (Å²) < 4.78 is 0. The van der Waals surface area contributed by atoms with Crippen LogP contribution in [-0.2, 0) is 11.2 Å². The van der Waals surface area contributed by atoms with Gasteiger partial charge in [-0.1, -0.05) is 71.7 Å². The van der Waals surface area contributed by atoms with E-state index in [1.54, 1.807) is 18.2 Å². The quantitative estimate of drug-likeness (QED) is 0.625. The highest BCUT2D eigenvalue weighted by atomic mass is 35.5. The Morgan fingerprint density at radius 3 is 2.17 bits per heavy atom. The Labute approximate surface area is 151 Å². The van der Waals surface area contributed by atoms with E-state index in [1.807, 2.05) is 42.5 Å². The van der Waals surface area contributed by atoms with Gasteiger partial charge in [0.15, 0.2) is 0 Å². The zero-order valence-corrected chi connectivity index (χ0v) is 14.3. The molecule has 3 rings (SSSR count). The lowest BCUT2D eigenvalue weighted by molar-refractivity contribution is -0.115. The first-order valence-electron chi connectivity index (χ1n) is 7.51. The summed E-state index contributed by atoms with van der Waals surface area (Å²) in [5, 5.41) is 3.93. The largest absolute Gasteiger partial charge is 0.326 e. The second kappa shape index (κ2) is 7.52. The van der Waals surface area contributed by atoms with Gasteiger partial charge in [0.25, 0.3) is 0 Å². The molecule has 0 saturated carbocycles. The van der Waals surface area contributed by atoms with Crippen LogP contribution in [0.15, 0.2) is 72.8 Å². The molecule has 0 heterocycles. The lowest BCUT2D eigenvalue weighted by Gasteiger charge is -2.08. The first-order chi connectivity index (χ1) is 11.6. The van der Waals surface area contributed by atoms with E-state index in [1.165, 1.54) is 0 Å². The first kappa shape index (κ1) is 16.6. The fourth-order valence-electron chi connectivity index (χ4n) is 2.42. The number of benzene rings is 3. The Kier molecular flexibility index (Phi) is 5.19. The van der Waals surface area contributed by atoms with Gasteiger partial charge in [0, 0.05) is 15.7 Å². The summed E-state index contributed by atoms with van der Waals surface area (Å²) in [6.45, 7) is 0. The van der Waals surface area contributed by atoms with Gasteiger partial charge in [-0.2, -0.15) is 0 Å². The minimum Gasteiger partial charge on any atom is -0.326 e. The number of hydrogen-bond acceptors (Lipinski definition) is 1. The third-order valence-electron chi connectivity index (χ3n) is 3.64. The molecular formula is C20H15Cl2NO. The van der Waals surface area contributed by atoms with Gasteiger partial charge in [0.2, 0.25) is 5.91 Å². The van der Waals surface area contributed by atoms with E-state index in [9.17, 15) is 4.79 Å². The summed E-state index contributed by atoms with van der Waals surface area (Å²) in [5.41, 5.74) is 3.75. The fraction of sp³-hybridized carbons (Fsp3) is 0.0500. The average molecular weight is 356 g/mol. The van der Waals surface area contributed by atoms with Crippen molar-refractivity contribution >= 4 is 34.8 Å². The second-order valence-electron chi connectivity index (χ2n) is 5.40. The molecule has 0 bridgehead atoms. The van der Waals surface area contributed by atoms with Crippen LogP contribution >= 0.6 is 23.2 Å². The predicted octanol–water partition coefficient (Wildman–Crippen LogP) is 5.84. The van der Waals surface area contributed by atoms with E-state index in [4.69, 9.17) is 23.2 Å². The summed E-state index contributed by atoms with van der Waals surface area (Å²) >= 11 is 12.0. The second-order valence-corrected chi connectivity index (χ2v) is 6.25. The summed E-state index contributed by atoms with van der Waals surface area (Å²) in [7, 11) is 0. The van der Waals surface area contributed by atoms with Crippen molar-refractivity contribution in [2.45, 2.75) is 6.42 Å². The average Bonchev–Trinajstić information content (AvgIpc) is 2.59. The number of carbonyl (C=O) groups excluding carboxylic acids is 1. The van der Waals surface area contributed by atoms with Crippen LogP contribution in [0.4, 0.5) is 5.69 Å². The molecule has 0 unspecified atom stereocenters. The zero-order chi connectivity index (χ0) is 16.9. The number of halogens is 2. The van der Waals surface area contributed by atoms with E-state index in [-0.39, 0.29) is 12.3 Å². The maximum absolute atomic E-state index is 12.2. The third kappa shape index (κ3) is 4.16. The highest BCUT2D eigenvalue weighted by Gasteiger charge is 2.08. The fourth-order valence-corrected chi connectivity index (χ4v) is 2.90. The molecule has 0 aliphatic carbocycles. The molecule has 0 aliphatic rings. The van der Waals surface area contributed by atoms with Crippen LogP contribution in [0.5, 0.6) is 0 Å². The molecule has 1 amide bonds. The van der Waals surface area contributed by atoms with Crippen LogP contribution in [0.3, 0.4) is 0 Å². The molecule has 0 aliphatic heterocycles. The van der Waals surface area contributed by atoms with Gasteiger partial charge in [-0.05, 0) is 41.0 Å². The maximum atomic E-state index is 12.2. The van der Waals surface area contributed by atoms with Crippen LogP contribution in [0, 0.1) is 0 Å². The number of amides is 1. The van der Waals surface area contributed by atoms with Crippen molar-refractivity contribution in [1.82, 2.24) is 0 Å². The molecule has 120 valence electrons. The van der Waals surface area contributed by atoms with E-state index >= 15 is 0 Å². The van der Waals surface area contributed by atoms with Crippen LogP contribution in [0.1, 0.15) is 5.56 Å². The molecule has 2 nitrogen and oxygen atoms in total. The van der Waals surface area contributed by atoms with Crippen molar-refractivity contribution in [3.8, 4) is 11.1 Å². The summed E-state index contributed by atoms with van der Waals surface area (Å²) in [6.07, 6.45) is 0.205. The van der Waals surface area contributed by atoms with Crippen molar-refractivity contribution < 1.29 is 4.79 Å². The van der Waals surface area contributed by atoms with Gasteiger partial charge in [-0.3, -0.25) is 4.79 Å². The lowest BCUT2D eigenvalue weighted by atomic mass is 10.1. The molecule has 0 atom stereocenters. The van der Waals surface area contributed by atoms with Gasteiger partial charge >= 0.3 is 0 Å². The highest BCUT2D eigenvalue weighted by molar-refractivity contribution is 6.35. The Bertz CT molecular complexity index is 845. The molecule has 0 radical (unpaired) electrons. The van der Waals surface area contributed by atoms with Crippen molar-refractivity contribution in [3.05, 3.63) is 88.4 Å². The normalized spacial score (nSPS) is 10.4. The summed E-state index contributed by atoms with van der Waals surface area (Å²) in [4.78, 5) is 12.2. The highest BCUT2D eigenvalue weighted by Crippen LogP contribution is 2.23. The molecule has 0 fully saturated rings. The number of nitrogens with one attached hydrogen (secondary N) is 1. The van der Waals surface area contributed by atoms with E-state index in [2.05, 4.69) is 17.4 Å². The molecule has 0 spiro atoms. The van der Waals surface area contributed by atoms with Crippen molar-refractivity contribution in [2.24, 2.45) is 0 Å². The topological polar surface area (TPSA) is 29.1 Å². The summed E-state index contributed by atoms with van der Waals surface area (Å²) in [5.74, 6) is -0.119. The molecule has 24 heavy (non-hydrogen) atoms. The smallest absolute Gasteiger partial charge is 0.228 e. The number of hydrogen-bond donors (Lipinski definition) is 1. The minimum absolute atomic E-state index is 0.119. The maximum Gasteiger partial charge on any atom is 0.228 e. The summed E-state index contributed by atoms with van der Waals surface area (Å²) in [6, 6.07) is 23.0. The van der Waals surface area contributed by atoms with E-state index < -0.39 is 0 Å². The van der Waals surface area contributed by atoms with Crippen molar-refractivity contribution in [1.29, 1.82) is 0 Å². The predicted molar refractivity (Wildman–Crippen MR) is 101 cm³/mol. The molecule has 0 aromatic heterocycles. The number of anilines is 1. The number of rotatable bonds is 4. The Morgan fingerprint density at radius 1 is 0.833 bits per heavy atom. The van der Waals surface area contributed by atoms with Gasteiger partial charge in [-0.15, -0.1) is 0 Å². The van der Waals surface area contributed by atoms with Crippen LogP contribution < -0.4 is 5.32 Å². The zero-order valence-electron chi connectivity index (χ0n) is 12.8. The Morgan fingerprint density at radius 2 is 1.50 bits per heavy atom. The van der Waals surface area contributed by atoms with Gasteiger partial charge < -0.3 is 5.32 Å². The first-order valence-corrected chi connectivity index (χ1v) is 8.27. The Balaban J connectivity index is 1.66. The van der Waals surface area contributed by atoms with E-state index in [0.29, 0.717) is 10.0 Å². The van der Waals surface area contributed by atoms with Crippen LogP contribution in [0.2, 0.25) is 10.0 Å². The lowest BCUT2D eigenvalue weighted by Crippen LogP contribution is -2.14. The third-order valence-corrected chi connectivity index (χ3v) is 4.23. The SMILES string of the molecule is O=C(Cc1ccc(Cl)cc1Cl)Nc1ccc(-c2ccccc2)cc1. The van der Waals surface area contributed by atoms with Gasteiger partial charge in [-0.25, -0.2) is 0 Å². The van der Waals surface area contributed by atoms with Crippen LogP contribution in [0.25, 0.3) is 11.1 Å². The van der Waals surface area contributed by atoms with Crippen LogP contribution in [-0.4, -0.2) is 5.91 Å². The molecule has 3 aromatic rings. The Hall–Kier alpha value is -2.29. The molecule has 3 aromatic carbocycles.